The summed E-state index contributed by atoms with van der Waals surface area (Å²) >= 11 is 8.15. The van der Waals surface area contributed by atoms with Crippen LogP contribution in [-0.4, -0.2) is 29.0 Å². The van der Waals surface area contributed by atoms with Crippen LogP contribution in [0.4, 0.5) is 0 Å². The fourth-order valence-electron chi connectivity index (χ4n) is 2.37. The fraction of sp³-hybridized carbons (Fsp3) is 0.250. The average molecular weight is 318 g/mol. The quantitative estimate of drug-likeness (QED) is 0.937. The smallest absolute Gasteiger partial charge is 0.156 e. The molecular formula is C16H16ClN3S. The summed E-state index contributed by atoms with van der Waals surface area (Å²) in [5.41, 5.74) is 2.29. The van der Waals surface area contributed by atoms with Crippen molar-refractivity contribution in [3.05, 3.63) is 64.9 Å². The Hall–Kier alpha value is -1.52. The van der Waals surface area contributed by atoms with E-state index in [1.807, 2.05) is 42.7 Å². The standard InChI is InChI=1S/C16H16ClN3S/c17-15-4-2-1-3-13(15)14(12-5-7-18-8-6-12)11-20-16-19-9-10-21-16/h1-8,14H,9-11H2,(H,19,20). The molecule has 0 saturated carbocycles. The maximum Gasteiger partial charge on any atom is 0.156 e. The number of halogens is 1. The van der Waals surface area contributed by atoms with Crippen LogP contribution in [0.25, 0.3) is 0 Å². The summed E-state index contributed by atoms with van der Waals surface area (Å²) in [4.78, 5) is 8.80. The van der Waals surface area contributed by atoms with Crippen molar-refractivity contribution in [2.75, 3.05) is 18.8 Å². The zero-order chi connectivity index (χ0) is 14.5. The summed E-state index contributed by atoms with van der Waals surface area (Å²) in [6.07, 6.45) is 3.63. The van der Waals surface area contributed by atoms with E-state index in [1.54, 1.807) is 11.8 Å². The highest BCUT2D eigenvalue weighted by Gasteiger charge is 2.17. The molecule has 0 aliphatic carbocycles. The summed E-state index contributed by atoms with van der Waals surface area (Å²) < 4.78 is 0. The summed E-state index contributed by atoms with van der Waals surface area (Å²) in [5.74, 6) is 1.24. The zero-order valence-electron chi connectivity index (χ0n) is 11.5. The average Bonchev–Trinajstić information content (AvgIpc) is 3.04. The number of nitrogens with one attached hydrogen (secondary N) is 1. The van der Waals surface area contributed by atoms with Crippen LogP contribution in [-0.2, 0) is 0 Å². The number of aliphatic imine (C=N–C) groups is 1. The van der Waals surface area contributed by atoms with Gasteiger partial charge in [0.1, 0.15) is 0 Å². The molecule has 2 heterocycles. The van der Waals surface area contributed by atoms with Gasteiger partial charge in [0.2, 0.25) is 0 Å². The maximum absolute atomic E-state index is 6.38. The lowest BCUT2D eigenvalue weighted by molar-refractivity contribution is 0.814. The molecule has 1 aromatic carbocycles. The van der Waals surface area contributed by atoms with Gasteiger partial charge in [-0.25, -0.2) is 0 Å². The van der Waals surface area contributed by atoms with Gasteiger partial charge in [-0.2, -0.15) is 0 Å². The molecule has 1 unspecified atom stereocenters. The van der Waals surface area contributed by atoms with E-state index < -0.39 is 0 Å². The van der Waals surface area contributed by atoms with Crippen molar-refractivity contribution in [3.8, 4) is 0 Å². The molecule has 5 heteroatoms. The van der Waals surface area contributed by atoms with E-state index in [4.69, 9.17) is 16.6 Å². The van der Waals surface area contributed by atoms with Gasteiger partial charge in [0.25, 0.3) is 0 Å². The van der Waals surface area contributed by atoms with Crippen molar-refractivity contribution in [2.45, 2.75) is 5.92 Å². The number of hydrogen-bond donors (Lipinski definition) is 1. The minimum absolute atomic E-state index is 0.150. The predicted molar refractivity (Wildman–Crippen MR) is 90.3 cm³/mol. The van der Waals surface area contributed by atoms with Gasteiger partial charge in [0.05, 0.1) is 6.54 Å². The van der Waals surface area contributed by atoms with Crippen LogP contribution < -0.4 is 5.32 Å². The van der Waals surface area contributed by atoms with Crippen molar-refractivity contribution in [3.63, 3.8) is 0 Å². The second-order valence-corrected chi connectivity index (χ2v) is 6.27. The lowest BCUT2D eigenvalue weighted by Gasteiger charge is -2.17. The number of aromatic nitrogens is 1. The largest absolute Gasteiger partial charge is 0.364 e. The molecule has 108 valence electrons. The number of pyridine rings is 1. The van der Waals surface area contributed by atoms with Gasteiger partial charge in [0, 0.05) is 35.6 Å². The summed E-state index contributed by atoms with van der Waals surface area (Å²) in [6, 6.07) is 12.0. The Kier molecular flexibility index (Phi) is 4.78. The molecule has 2 aromatic rings. The number of thioether (sulfide) groups is 1. The highest BCUT2D eigenvalue weighted by molar-refractivity contribution is 8.14. The van der Waals surface area contributed by atoms with E-state index in [0.717, 1.165) is 28.1 Å². The van der Waals surface area contributed by atoms with Gasteiger partial charge < -0.3 is 5.32 Å². The molecule has 0 bridgehead atoms. The number of hydrogen-bond acceptors (Lipinski definition) is 3. The minimum atomic E-state index is 0.150. The first-order valence-corrected chi connectivity index (χ1v) is 8.26. The van der Waals surface area contributed by atoms with Crippen LogP contribution in [0.3, 0.4) is 0 Å². The molecule has 1 aliphatic rings. The molecule has 1 saturated heterocycles. The molecule has 1 aliphatic heterocycles. The SMILES string of the molecule is Clc1ccccc1C(CN=C1NCCS1)c1ccncc1. The van der Waals surface area contributed by atoms with E-state index in [0.29, 0.717) is 6.54 Å². The van der Waals surface area contributed by atoms with Crippen LogP contribution in [0, 0.1) is 0 Å². The third-order valence-electron chi connectivity index (χ3n) is 3.42. The Morgan fingerprint density at radius 3 is 2.76 bits per heavy atom. The van der Waals surface area contributed by atoms with Gasteiger partial charge in [-0.3, -0.25) is 9.98 Å². The molecule has 21 heavy (non-hydrogen) atoms. The Bertz CT molecular complexity index is 622. The summed E-state index contributed by atoms with van der Waals surface area (Å²) in [5, 5.41) is 5.11. The first-order chi connectivity index (χ1) is 10.3. The molecule has 3 rings (SSSR count). The molecule has 1 N–H and O–H groups in total. The van der Waals surface area contributed by atoms with Crippen molar-refractivity contribution in [2.24, 2.45) is 4.99 Å². The Morgan fingerprint density at radius 2 is 2.05 bits per heavy atom. The summed E-state index contributed by atoms with van der Waals surface area (Å²) in [7, 11) is 0. The predicted octanol–water partition coefficient (Wildman–Crippen LogP) is 3.56. The summed E-state index contributed by atoms with van der Waals surface area (Å²) in [6.45, 7) is 1.68. The van der Waals surface area contributed by atoms with E-state index in [9.17, 15) is 0 Å². The van der Waals surface area contributed by atoms with E-state index in [1.165, 1.54) is 5.56 Å². The van der Waals surface area contributed by atoms with Gasteiger partial charge in [-0.1, -0.05) is 41.6 Å². The molecule has 0 amide bonds. The van der Waals surface area contributed by atoms with Gasteiger partial charge in [0.15, 0.2) is 5.17 Å². The van der Waals surface area contributed by atoms with Gasteiger partial charge in [-0.05, 0) is 29.3 Å². The van der Waals surface area contributed by atoms with Crippen LogP contribution in [0.2, 0.25) is 5.02 Å². The molecule has 3 nitrogen and oxygen atoms in total. The molecule has 1 fully saturated rings. The highest BCUT2D eigenvalue weighted by atomic mass is 35.5. The third kappa shape index (κ3) is 3.57. The topological polar surface area (TPSA) is 37.3 Å². The lowest BCUT2D eigenvalue weighted by atomic mass is 9.92. The molecular weight excluding hydrogens is 302 g/mol. The first-order valence-electron chi connectivity index (χ1n) is 6.90. The van der Waals surface area contributed by atoms with Crippen molar-refractivity contribution >= 4 is 28.5 Å². The maximum atomic E-state index is 6.38. The van der Waals surface area contributed by atoms with E-state index in [-0.39, 0.29) is 5.92 Å². The number of rotatable bonds is 4. The normalized spacial score (nSPS) is 17.7. The van der Waals surface area contributed by atoms with Crippen molar-refractivity contribution in [1.82, 2.24) is 10.3 Å². The van der Waals surface area contributed by atoms with Crippen LogP contribution in [0.5, 0.6) is 0 Å². The molecule has 0 spiro atoms. The molecule has 1 atom stereocenters. The van der Waals surface area contributed by atoms with Crippen molar-refractivity contribution < 1.29 is 0 Å². The van der Waals surface area contributed by atoms with Gasteiger partial charge >= 0.3 is 0 Å². The fourth-order valence-corrected chi connectivity index (χ4v) is 3.40. The Morgan fingerprint density at radius 1 is 1.24 bits per heavy atom. The minimum Gasteiger partial charge on any atom is -0.364 e. The second-order valence-electron chi connectivity index (χ2n) is 4.78. The van der Waals surface area contributed by atoms with Crippen molar-refractivity contribution in [1.29, 1.82) is 0 Å². The monoisotopic (exact) mass is 317 g/mol. The first kappa shape index (κ1) is 14.4. The lowest BCUT2D eigenvalue weighted by Crippen LogP contribution is -2.15. The van der Waals surface area contributed by atoms with Crippen LogP contribution in [0.1, 0.15) is 17.0 Å². The second kappa shape index (κ2) is 6.96. The third-order valence-corrected chi connectivity index (χ3v) is 4.72. The molecule has 0 radical (unpaired) electrons. The van der Waals surface area contributed by atoms with Crippen LogP contribution >= 0.6 is 23.4 Å². The van der Waals surface area contributed by atoms with E-state index >= 15 is 0 Å². The van der Waals surface area contributed by atoms with E-state index in [2.05, 4.69) is 16.4 Å². The Labute approximate surface area is 133 Å². The zero-order valence-corrected chi connectivity index (χ0v) is 13.1. The number of benzene rings is 1. The number of nitrogens with zero attached hydrogens (tertiary/aromatic N) is 2. The molecule has 1 aromatic heterocycles. The number of amidine groups is 1. The Balaban J connectivity index is 1.91. The van der Waals surface area contributed by atoms with Crippen LogP contribution in [0.15, 0.2) is 53.8 Å². The van der Waals surface area contributed by atoms with Gasteiger partial charge in [-0.15, -0.1) is 0 Å². The highest BCUT2D eigenvalue weighted by Crippen LogP contribution is 2.30.